The summed E-state index contributed by atoms with van der Waals surface area (Å²) >= 11 is 17.3. The van der Waals surface area contributed by atoms with E-state index in [9.17, 15) is 0 Å². The van der Waals surface area contributed by atoms with E-state index >= 15 is 0 Å². The van der Waals surface area contributed by atoms with E-state index in [4.69, 9.17) is 35.4 Å². The second-order valence-electron chi connectivity index (χ2n) is 4.27. The van der Waals surface area contributed by atoms with Crippen molar-refractivity contribution in [2.45, 2.75) is 0 Å². The lowest BCUT2D eigenvalue weighted by atomic mass is 10.2. The van der Waals surface area contributed by atoms with Crippen molar-refractivity contribution in [3.05, 3.63) is 63.0 Å². The molecule has 5 nitrogen and oxygen atoms in total. The number of hydrogen-bond acceptors (Lipinski definition) is 4. The number of hydrogen-bond donors (Lipinski definition) is 1. The molecule has 2 aromatic heterocycles. The third kappa shape index (κ3) is 2.94. The van der Waals surface area contributed by atoms with Crippen LogP contribution in [0, 0.1) is 4.77 Å². The molecule has 0 saturated carbocycles. The lowest BCUT2D eigenvalue weighted by Crippen LogP contribution is -1.96. The number of rotatable bonds is 3. The van der Waals surface area contributed by atoms with Crippen LogP contribution in [-0.4, -0.2) is 26.1 Å². The first-order chi connectivity index (χ1) is 10.7. The van der Waals surface area contributed by atoms with E-state index in [0.717, 1.165) is 0 Å². The van der Waals surface area contributed by atoms with Gasteiger partial charge in [0.2, 0.25) is 10.6 Å². The monoisotopic (exact) mass is 349 g/mol. The van der Waals surface area contributed by atoms with Gasteiger partial charge in [-0.2, -0.15) is 14.9 Å². The third-order valence-electron chi connectivity index (χ3n) is 2.84. The summed E-state index contributed by atoms with van der Waals surface area (Å²) in [5, 5.41) is 12.1. The molecule has 2 heterocycles. The highest BCUT2D eigenvalue weighted by molar-refractivity contribution is 7.71. The van der Waals surface area contributed by atoms with Gasteiger partial charge in [0.25, 0.3) is 0 Å². The van der Waals surface area contributed by atoms with Crippen LogP contribution in [0.25, 0.3) is 11.5 Å². The van der Waals surface area contributed by atoms with Crippen LogP contribution >= 0.6 is 35.4 Å². The van der Waals surface area contributed by atoms with Crippen molar-refractivity contribution in [2.24, 2.45) is 5.10 Å². The van der Waals surface area contributed by atoms with Crippen molar-refractivity contribution in [2.75, 3.05) is 0 Å². The van der Waals surface area contributed by atoms with Gasteiger partial charge in [0.15, 0.2) is 0 Å². The van der Waals surface area contributed by atoms with E-state index in [1.54, 1.807) is 24.5 Å². The molecule has 3 rings (SSSR count). The molecule has 0 unspecified atom stereocenters. The molecule has 0 bridgehead atoms. The zero-order valence-corrected chi connectivity index (χ0v) is 13.4. The maximum absolute atomic E-state index is 6.14. The van der Waals surface area contributed by atoms with E-state index in [0.29, 0.717) is 31.9 Å². The summed E-state index contributed by atoms with van der Waals surface area (Å²) in [6, 6.07) is 10.8. The third-order valence-corrected chi connectivity index (χ3v) is 3.94. The molecule has 0 atom stereocenters. The Kier molecular flexibility index (Phi) is 4.33. The highest BCUT2D eigenvalue weighted by Gasteiger charge is 2.09. The predicted octanol–water partition coefficient (Wildman–Crippen LogP) is 4.19. The van der Waals surface area contributed by atoms with Gasteiger partial charge < -0.3 is 0 Å². The van der Waals surface area contributed by atoms with E-state index in [1.165, 1.54) is 4.68 Å². The summed E-state index contributed by atoms with van der Waals surface area (Å²) in [6.07, 6.45) is 3.25. The fraction of sp³-hybridized carbons (Fsp3) is 0. The van der Waals surface area contributed by atoms with Crippen molar-refractivity contribution >= 4 is 41.6 Å². The molecular formula is C14H9Cl2N5S. The Morgan fingerprint density at radius 2 is 2.05 bits per heavy atom. The summed E-state index contributed by atoms with van der Waals surface area (Å²) < 4.78 is 1.84. The number of halogens is 2. The van der Waals surface area contributed by atoms with Crippen molar-refractivity contribution in [3.8, 4) is 11.5 Å². The molecule has 0 aliphatic carbocycles. The standard InChI is InChI=1S/C14H9Cl2N5S/c15-10-5-3-4-9(12(10)16)8-18-21-13(19-20-14(21)22)11-6-1-2-7-17-11/h1-8H,(H,20,22)/b18-8-. The summed E-state index contributed by atoms with van der Waals surface area (Å²) in [7, 11) is 0. The number of benzene rings is 1. The Morgan fingerprint density at radius 1 is 1.18 bits per heavy atom. The first kappa shape index (κ1) is 14.9. The van der Waals surface area contributed by atoms with Crippen LogP contribution in [0.3, 0.4) is 0 Å². The maximum atomic E-state index is 6.14. The van der Waals surface area contributed by atoms with Crippen LogP contribution in [0.5, 0.6) is 0 Å². The number of aromatic nitrogens is 4. The minimum atomic E-state index is 0.357. The van der Waals surface area contributed by atoms with Crippen LogP contribution in [0.1, 0.15) is 5.56 Å². The fourth-order valence-electron chi connectivity index (χ4n) is 1.80. The molecule has 1 N–H and O–H groups in total. The van der Waals surface area contributed by atoms with Crippen molar-refractivity contribution in [1.82, 2.24) is 19.9 Å². The van der Waals surface area contributed by atoms with Crippen molar-refractivity contribution in [1.29, 1.82) is 0 Å². The molecule has 0 radical (unpaired) electrons. The lowest BCUT2D eigenvalue weighted by Gasteiger charge is -2.01. The second kappa shape index (κ2) is 6.39. The van der Waals surface area contributed by atoms with E-state index in [-0.39, 0.29) is 0 Å². The normalized spacial score (nSPS) is 11.2. The number of nitrogens with one attached hydrogen (secondary N) is 1. The Hall–Kier alpha value is -2.02. The molecule has 0 fully saturated rings. The molecule has 0 amide bonds. The molecule has 3 aromatic rings. The first-order valence-corrected chi connectivity index (χ1v) is 7.40. The summed E-state index contributed by atoms with van der Waals surface area (Å²) in [5.41, 5.74) is 1.34. The van der Waals surface area contributed by atoms with Gasteiger partial charge in [-0.05, 0) is 30.4 Å². The van der Waals surface area contributed by atoms with E-state index in [2.05, 4.69) is 20.3 Å². The van der Waals surface area contributed by atoms with Gasteiger partial charge in [0, 0.05) is 11.8 Å². The van der Waals surface area contributed by atoms with Crippen LogP contribution < -0.4 is 0 Å². The Bertz CT molecular complexity index is 886. The van der Waals surface area contributed by atoms with Crippen LogP contribution in [0.15, 0.2) is 47.7 Å². The molecule has 0 saturated heterocycles. The lowest BCUT2D eigenvalue weighted by molar-refractivity contribution is 0.867. The Morgan fingerprint density at radius 3 is 2.82 bits per heavy atom. The summed E-state index contributed by atoms with van der Waals surface area (Å²) in [6.45, 7) is 0. The maximum Gasteiger partial charge on any atom is 0.216 e. The van der Waals surface area contributed by atoms with E-state index < -0.39 is 0 Å². The number of aromatic amines is 1. The molecular weight excluding hydrogens is 341 g/mol. The van der Waals surface area contributed by atoms with Crippen molar-refractivity contribution in [3.63, 3.8) is 0 Å². The zero-order valence-electron chi connectivity index (χ0n) is 11.1. The molecule has 0 spiro atoms. The van der Waals surface area contributed by atoms with Gasteiger partial charge in [-0.3, -0.25) is 4.98 Å². The molecule has 8 heteroatoms. The van der Waals surface area contributed by atoms with Crippen LogP contribution in [0.2, 0.25) is 10.0 Å². The molecule has 22 heavy (non-hydrogen) atoms. The number of nitrogens with zero attached hydrogens (tertiary/aromatic N) is 4. The number of pyridine rings is 1. The average molecular weight is 350 g/mol. The minimum Gasteiger partial charge on any atom is -0.253 e. The zero-order chi connectivity index (χ0) is 15.5. The van der Waals surface area contributed by atoms with Crippen LogP contribution in [0.4, 0.5) is 0 Å². The molecule has 0 aliphatic rings. The summed E-state index contributed by atoms with van der Waals surface area (Å²) in [5.74, 6) is 0.514. The predicted molar refractivity (Wildman–Crippen MR) is 90.1 cm³/mol. The van der Waals surface area contributed by atoms with Gasteiger partial charge in [-0.25, -0.2) is 5.10 Å². The smallest absolute Gasteiger partial charge is 0.216 e. The van der Waals surface area contributed by atoms with E-state index in [1.807, 2.05) is 24.3 Å². The van der Waals surface area contributed by atoms with Crippen molar-refractivity contribution < 1.29 is 0 Å². The second-order valence-corrected chi connectivity index (χ2v) is 5.44. The van der Waals surface area contributed by atoms with Crippen LogP contribution in [-0.2, 0) is 0 Å². The Labute approximate surface area is 141 Å². The molecule has 110 valence electrons. The SMILES string of the molecule is S=c1[nH]nc(-c2ccccn2)n1/N=C\c1cccc(Cl)c1Cl. The quantitative estimate of drug-likeness (QED) is 0.569. The van der Waals surface area contributed by atoms with Gasteiger partial charge in [-0.15, -0.1) is 0 Å². The highest BCUT2D eigenvalue weighted by atomic mass is 35.5. The van der Waals surface area contributed by atoms with Gasteiger partial charge in [0.1, 0.15) is 5.69 Å². The molecule has 0 aliphatic heterocycles. The first-order valence-electron chi connectivity index (χ1n) is 6.24. The largest absolute Gasteiger partial charge is 0.253 e. The fourth-order valence-corrected chi connectivity index (χ4v) is 2.34. The average Bonchev–Trinajstić information content (AvgIpc) is 2.91. The highest BCUT2D eigenvalue weighted by Crippen LogP contribution is 2.24. The molecule has 1 aromatic carbocycles. The van der Waals surface area contributed by atoms with Gasteiger partial charge in [-0.1, -0.05) is 41.4 Å². The Balaban J connectivity index is 2.03. The number of H-pyrrole nitrogens is 1. The topological polar surface area (TPSA) is 58.9 Å². The van der Waals surface area contributed by atoms with Gasteiger partial charge in [0.05, 0.1) is 16.3 Å². The summed E-state index contributed by atoms with van der Waals surface area (Å²) in [4.78, 5) is 4.24. The van der Waals surface area contributed by atoms with Gasteiger partial charge >= 0.3 is 0 Å². The minimum absolute atomic E-state index is 0.357.